The largest absolute Gasteiger partial charge is 0.477 e. The number of rotatable bonds is 2. The van der Waals surface area contributed by atoms with Crippen molar-refractivity contribution in [2.24, 2.45) is 0 Å². The molecule has 0 fully saturated rings. The fourth-order valence-electron chi connectivity index (χ4n) is 1.46. The molecule has 0 aliphatic heterocycles. The minimum absolute atomic E-state index is 0.296. The average Bonchev–Trinajstić information content (AvgIpc) is 2.32. The number of H-pyrrole nitrogens is 1. The van der Waals surface area contributed by atoms with Crippen molar-refractivity contribution < 1.29 is 9.90 Å². The zero-order chi connectivity index (χ0) is 13.3. The molecule has 0 aromatic carbocycles. The van der Waals surface area contributed by atoms with Crippen molar-refractivity contribution in [1.82, 2.24) is 15.0 Å². The van der Waals surface area contributed by atoms with Crippen LogP contribution in [0, 0.1) is 13.8 Å². The Balaban J connectivity index is 2.52. The van der Waals surface area contributed by atoms with Crippen LogP contribution in [0.1, 0.15) is 21.7 Å². The summed E-state index contributed by atoms with van der Waals surface area (Å²) in [6.45, 7) is 3.65. The molecule has 2 aromatic heterocycles. The number of carboxylic acids is 1. The number of aromatic nitrogens is 3. The molecule has 0 atom stereocenters. The molecule has 0 aliphatic carbocycles. The zero-order valence-corrected chi connectivity index (χ0v) is 9.89. The fourth-order valence-corrected chi connectivity index (χ4v) is 1.46. The quantitative estimate of drug-likeness (QED) is 0.827. The average molecular weight is 245 g/mol. The standard InChI is InChI=1S/C12H11N3O3/c1-6-7(2)14-10(5-13-6)9-4-3-8(12(17)18)11(16)15-9/h3-5H,1-2H3,(H,15,16)(H,17,18). The van der Waals surface area contributed by atoms with E-state index in [9.17, 15) is 9.59 Å². The van der Waals surface area contributed by atoms with Gasteiger partial charge < -0.3 is 10.1 Å². The lowest BCUT2D eigenvalue weighted by Crippen LogP contribution is -2.17. The molecule has 92 valence electrons. The number of hydrogen-bond donors (Lipinski definition) is 2. The van der Waals surface area contributed by atoms with E-state index >= 15 is 0 Å². The zero-order valence-electron chi connectivity index (χ0n) is 9.89. The summed E-state index contributed by atoms with van der Waals surface area (Å²) in [5, 5.41) is 8.76. The van der Waals surface area contributed by atoms with Crippen molar-refractivity contribution >= 4 is 5.97 Å². The number of aromatic carboxylic acids is 1. The highest BCUT2D eigenvalue weighted by Gasteiger charge is 2.10. The molecule has 0 saturated carbocycles. The first-order valence-corrected chi connectivity index (χ1v) is 5.26. The maximum Gasteiger partial charge on any atom is 0.341 e. The van der Waals surface area contributed by atoms with E-state index in [1.54, 1.807) is 0 Å². The summed E-state index contributed by atoms with van der Waals surface area (Å²) in [5.74, 6) is -1.26. The first-order chi connectivity index (χ1) is 8.49. The summed E-state index contributed by atoms with van der Waals surface area (Å²) in [6.07, 6.45) is 1.54. The molecule has 0 radical (unpaired) electrons. The highest BCUT2D eigenvalue weighted by atomic mass is 16.4. The Kier molecular flexibility index (Phi) is 2.93. The molecule has 2 heterocycles. The van der Waals surface area contributed by atoms with Crippen molar-refractivity contribution in [2.45, 2.75) is 13.8 Å². The van der Waals surface area contributed by atoms with Crippen LogP contribution in [0.3, 0.4) is 0 Å². The van der Waals surface area contributed by atoms with E-state index in [1.165, 1.54) is 18.3 Å². The number of aromatic amines is 1. The molecule has 6 heteroatoms. The van der Waals surface area contributed by atoms with Crippen LogP contribution in [0.25, 0.3) is 11.4 Å². The molecule has 6 nitrogen and oxygen atoms in total. The summed E-state index contributed by atoms with van der Waals surface area (Å²) >= 11 is 0. The van der Waals surface area contributed by atoms with Gasteiger partial charge in [0.25, 0.3) is 5.56 Å². The van der Waals surface area contributed by atoms with Gasteiger partial charge in [0.05, 0.1) is 23.3 Å². The van der Waals surface area contributed by atoms with E-state index in [0.717, 1.165) is 11.4 Å². The topological polar surface area (TPSA) is 95.9 Å². The third-order valence-corrected chi connectivity index (χ3v) is 2.61. The predicted molar refractivity (Wildman–Crippen MR) is 64.5 cm³/mol. The van der Waals surface area contributed by atoms with Crippen LogP contribution in [0.15, 0.2) is 23.1 Å². The van der Waals surface area contributed by atoms with Gasteiger partial charge in [0, 0.05) is 0 Å². The fraction of sp³-hybridized carbons (Fsp3) is 0.167. The maximum absolute atomic E-state index is 11.5. The van der Waals surface area contributed by atoms with Gasteiger partial charge in [-0.2, -0.15) is 0 Å². The van der Waals surface area contributed by atoms with Gasteiger partial charge >= 0.3 is 5.97 Å². The third kappa shape index (κ3) is 2.13. The summed E-state index contributed by atoms with van der Waals surface area (Å²) in [4.78, 5) is 33.1. The Bertz CT molecular complexity index is 677. The highest BCUT2D eigenvalue weighted by molar-refractivity contribution is 5.87. The van der Waals surface area contributed by atoms with Crippen molar-refractivity contribution in [3.05, 3.63) is 45.6 Å². The first-order valence-electron chi connectivity index (χ1n) is 5.26. The normalized spacial score (nSPS) is 10.3. The smallest absolute Gasteiger partial charge is 0.341 e. The van der Waals surface area contributed by atoms with Crippen molar-refractivity contribution in [3.8, 4) is 11.4 Å². The monoisotopic (exact) mass is 245 g/mol. The summed E-state index contributed by atoms with van der Waals surface area (Å²) in [6, 6.07) is 2.76. The number of pyridine rings is 1. The Morgan fingerprint density at radius 1 is 1.28 bits per heavy atom. The molecule has 0 saturated heterocycles. The Hall–Kier alpha value is -2.50. The van der Waals surface area contributed by atoms with E-state index < -0.39 is 11.5 Å². The number of aryl methyl sites for hydroxylation is 2. The second kappa shape index (κ2) is 4.40. The lowest BCUT2D eigenvalue weighted by atomic mass is 10.2. The van der Waals surface area contributed by atoms with Gasteiger partial charge in [0.15, 0.2) is 0 Å². The SMILES string of the molecule is Cc1ncc(-c2ccc(C(=O)O)c(=O)[nH]2)nc1C. The van der Waals surface area contributed by atoms with Gasteiger partial charge in [0.2, 0.25) is 0 Å². The lowest BCUT2D eigenvalue weighted by molar-refractivity contribution is 0.0695. The third-order valence-electron chi connectivity index (χ3n) is 2.61. The first kappa shape index (κ1) is 12.0. The van der Waals surface area contributed by atoms with Crippen molar-refractivity contribution in [1.29, 1.82) is 0 Å². The maximum atomic E-state index is 11.5. The van der Waals surface area contributed by atoms with Gasteiger partial charge in [-0.3, -0.25) is 9.78 Å². The minimum Gasteiger partial charge on any atom is -0.477 e. The Morgan fingerprint density at radius 3 is 2.56 bits per heavy atom. The van der Waals surface area contributed by atoms with Gasteiger partial charge in [-0.25, -0.2) is 9.78 Å². The van der Waals surface area contributed by atoms with Crippen LogP contribution >= 0.6 is 0 Å². The van der Waals surface area contributed by atoms with E-state index in [4.69, 9.17) is 5.11 Å². The lowest BCUT2D eigenvalue weighted by Gasteiger charge is -2.04. The van der Waals surface area contributed by atoms with Gasteiger partial charge in [-0.1, -0.05) is 0 Å². The second-order valence-corrected chi connectivity index (χ2v) is 3.85. The van der Waals surface area contributed by atoms with Crippen LogP contribution in [0.4, 0.5) is 0 Å². The number of carbonyl (C=O) groups is 1. The van der Waals surface area contributed by atoms with Gasteiger partial charge in [-0.15, -0.1) is 0 Å². The van der Waals surface area contributed by atoms with Crippen LogP contribution < -0.4 is 5.56 Å². The predicted octanol–water partition coefficient (Wildman–Crippen LogP) is 1.15. The van der Waals surface area contributed by atoms with Crippen LogP contribution in [-0.2, 0) is 0 Å². The number of carboxylic acid groups (broad SMARTS) is 1. The van der Waals surface area contributed by atoms with E-state index in [1.807, 2.05) is 13.8 Å². The number of hydrogen-bond acceptors (Lipinski definition) is 4. The van der Waals surface area contributed by atoms with Gasteiger partial charge in [0.1, 0.15) is 11.3 Å². The van der Waals surface area contributed by atoms with Gasteiger partial charge in [-0.05, 0) is 26.0 Å². The molecule has 0 unspecified atom stereocenters. The summed E-state index contributed by atoms with van der Waals surface area (Å²) < 4.78 is 0. The summed E-state index contributed by atoms with van der Waals surface area (Å²) in [5.41, 5.74) is 1.57. The Labute approximate surface area is 102 Å². The highest BCUT2D eigenvalue weighted by Crippen LogP contribution is 2.13. The van der Waals surface area contributed by atoms with Crippen LogP contribution in [0.2, 0.25) is 0 Å². The molecule has 2 N–H and O–H groups in total. The molecule has 18 heavy (non-hydrogen) atoms. The van der Waals surface area contributed by atoms with E-state index in [0.29, 0.717) is 11.4 Å². The molecule has 2 aromatic rings. The Morgan fingerprint density at radius 2 is 2.00 bits per heavy atom. The summed E-state index contributed by atoms with van der Waals surface area (Å²) in [7, 11) is 0. The van der Waals surface area contributed by atoms with Crippen LogP contribution in [0.5, 0.6) is 0 Å². The van der Waals surface area contributed by atoms with Crippen molar-refractivity contribution in [3.63, 3.8) is 0 Å². The van der Waals surface area contributed by atoms with E-state index in [-0.39, 0.29) is 5.56 Å². The molecule has 0 bridgehead atoms. The number of nitrogens with zero attached hydrogens (tertiary/aromatic N) is 2. The molecular weight excluding hydrogens is 234 g/mol. The molecule has 0 amide bonds. The molecular formula is C12H11N3O3. The minimum atomic E-state index is -1.26. The molecule has 0 spiro atoms. The van der Waals surface area contributed by atoms with Crippen LogP contribution in [-0.4, -0.2) is 26.0 Å². The molecule has 2 rings (SSSR count). The van der Waals surface area contributed by atoms with E-state index in [2.05, 4.69) is 15.0 Å². The number of nitrogens with one attached hydrogen (secondary N) is 1. The second-order valence-electron chi connectivity index (χ2n) is 3.85. The molecule has 0 aliphatic rings. The van der Waals surface area contributed by atoms with Crippen molar-refractivity contribution in [2.75, 3.05) is 0 Å².